The van der Waals surface area contributed by atoms with Gasteiger partial charge in [-0.1, -0.05) is 29.3 Å². The van der Waals surface area contributed by atoms with Gasteiger partial charge in [-0.15, -0.1) is 35.3 Å². The Labute approximate surface area is 135 Å². The molecule has 0 aliphatic carbocycles. The van der Waals surface area contributed by atoms with Gasteiger partial charge in [-0.25, -0.2) is 0 Å². The van der Waals surface area contributed by atoms with Crippen molar-refractivity contribution in [2.45, 2.75) is 28.5 Å². The lowest BCUT2D eigenvalue weighted by Crippen LogP contribution is -1.88. The molecule has 2 aromatic rings. The average molecular weight is 321 g/mol. The molecule has 0 unspecified atom stereocenters. The Morgan fingerprint density at radius 2 is 1.05 bits per heavy atom. The zero-order valence-corrected chi connectivity index (χ0v) is 15.1. The molecule has 0 radical (unpaired) electrons. The van der Waals surface area contributed by atoms with Gasteiger partial charge in [-0.3, -0.25) is 0 Å². The topological polar surface area (TPSA) is 0 Å². The molecular weight excluding hydrogens is 300 g/mol. The van der Waals surface area contributed by atoms with E-state index in [2.05, 4.69) is 62.9 Å². The Bertz CT molecular complexity index is 572. The molecule has 106 valence electrons. The van der Waals surface area contributed by atoms with Gasteiger partial charge in [0.25, 0.3) is 0 Å². The molecule has 20 heavy (non-hydrogen) atoms. The normalized spacial score (nSPS) is 10.8. The number of hydrogen-bond donors (Lipinski definition) is 0. The minimum Gasteiger partial charge on any atom is -0.128 e. The Kier molecular flexibility index (Phi) is 5.53. The minimum absolute atomic E-state index is 1.32. The van der Waals surface area contributed by atoms with E-state index in [0.717, 1.165) is 0 Å². The first-order valence-corrected chi connectivity index (χ1v) is 10.1. The van der Waals surface area contributed by atoms with Crippen molar-refractivity contribution in [1.29, 1.82) is 0 Å². The second-order valence-corrected chi connectivity index (χ2v) is 7.30. The van der Waals surface area contributed by atoms with E-state index >= 15 is 0 Å². The quantitative estimate of drug-likeness (QED) is 0.621. The van der Waals surface area contributed by atoms with Crippen molar-refractivity contribution in [1.82, 2.24) is 0 Å². The fourth-order valence-corrected chi connectivity index (χ4v) is 5.05. The van der Waals surface area contributed by atoms with E-state index in [1.54, 1.807) is 0 Å². The molecule has 0 saturated heterocycles. The predicted octanol–water partition coefficient (Wildman–Crippen LogP) is 6.14. The van der Waals surface area contributed by atoms with E-state index in [-0.39, 0.29) is 0 Å². The van der Waals surface area contributed by atoms with Crippen molar-refractivity contribution in [2.75, 3.05) is 18.8 Å². The van der Waals surface area contributed by atoms with Gasteiger partial charge in [0, 0.05) is 14.7 Å². The summed E-state index contributed by atoms with van der Waals surface area (Å²) in [5, 5.41) is 0. The summed E-state index contributed by atoms with van der Waals surface area (Å²) in [4.78, 5) is 4.15. The van der Waals surface area contributed by atoms with Crippen LogP contribution in [-0.4, -0.2) is 18.8 Å². The van der Waals surface area contributed by atoms with Crippen LogP contribution in [0.4, 0.5) is 0 Å². The second-order valence-electron chi connectivity index (χ2n) is 4.79. The number of aryl methyl sites for hydroxylation is 2. The summed E-state index contributed by atoms with van der Waals surface area (Å²) >= 11 is 5.50. The summed E-state index contributed by atoms with van der Waals surface area (Å²) in [5.41, 5.74) is 5.29. The Morgan fingerprint density at radius 3 is 1.45 bits per heavy atom. The van der Waals surface area contributed by atoms with Gasteiger partial charge in [-0.05, 0) is 55.9 Å². The number of thioether (sulfide) groups is 3. The van der Waals surface area contributed by atoms with E-state index in [1.807, 2.05) is 35.3 Å². The molecule has 2 rings (SSSR count). The van der Waals surface area contributed by atoms with Gasteiger partial charge in [0.2, 0.25) is 0 Å². The van der Waals surface area contributed by atoms with E-state index in [4.69, 9.17) is 0 Å². The highest BCUT2D eigenvalue weighted by Crippen LogP contribution is 2.40. The van der Waals surface area contributed by atoms with Gasteiger partial charge >= 0.3 is 0 Å². The predicted molar refractivity (Wildman–Crippen MR) is 96.7 cm³/mol. The Balaban J connectivity index is 2.62. The molecule has 0 bridgehead atoms. The van der Waals surface area contributed by atoms with Gasteiger partial charge in [-0.2, -0.15) is 0 Å². The smallest absolute Gasteiger partial charge is 0.0342 e. The lowest BCUT2D eigenvalue weighted by Gasteiger charge is -2.14. The summed E-state index contributed by atoms with van der Waals surface area (Å²) in [5.74, 6) is 0. The maximum atomic E-state index is 2.32. The van der Waals surface area contributed by atoms with Crippen molar-refractivity contribution in [2.24, 2.45) is 0 Å². The van der Waals surface area contributed by atoms with Crippen LogP contribution in [0.5, 0.6) is 0 Å². The average Bonchev–Trinajstić information content (AvgIpc) is 2.44. The van der Waals surface area contributed by atoms with Crippen molar-refractivity contribution in [3.05, 3.63) is 41.5 Å². The summed E-state index contributed by atoms with van der Waals surface area (Å²) in [7, 11) is 0. The highest BCUT2D eigenvalue weighted by atomic mass is 32.2. The highest BCUT2D eigenvalue weighted by molar-refractivity contribution is 8.03. The Morgan fingerprint density at radius 1 is 0.600 bits per heavy atom. The van der Waals surface area contributed by atoms with Crippen molar-refractivity contribution in [3.63, 3.8) is 0 Å². The third kappa shape index (κ3) is 3.38. The van der Waals surface area contributed by atoms with Crippen LogP contribution in [0.15, 0.2) is 45.0 Å². The maximum Gasteiger partial charge on any atom is 0.0342 e. The fraction of sp³-hybridized carbons (Fsp3) is 0.294. The maximum absolute atomic E-state index is 2.32. The number of hydrogen-bond acceptors (Lipinski definition) is 3. The third-order valence-electron chi connectivity index (χ3n) is 3.22. The molecule has 0 heterocycles. The van der Waals surface area contributed by atoms with Crippen LogP contribution < -0.4 is 0 Å². The van der Waals surface area contributed by atoms with Crippen LogP contribution >= 0.6 is 35.3 Å². The van der Waals surface area contributed by atoms with Crippen LogP contribution in [0.25, 0.3) is 11.1 Å². The lowest BCUT2D eigenvalue weighted by atomic mass is 10.0. The molecule has 3 heteroatoms. The molecule has 0 nitrogen and oxygen atoms in total. The van der Waals surface area contributed by atoms with Crippen LogP contribution in [0.1, 0.15) is 11.1 Å². The van der Waals surface area contributed by atoms with Crippen LogP contribution in [0, 0.1) is 13.8 Å². The molecular formula is C17H20S3. The van der Waals surface area contributed by atoms with Crippen molar-refractivity contribution >= 4 is 35.3 Å². The van der Waals surface area contributed by atoms with E-state index < -0.39 is 0 Å². The van der Waals surface area contributed by atoms with Crippen molar-refractivity contribution < 1.29 is 0 Å². The molecule has 0 aliphatic rings. The Hall–Kier alpha value is -0.510. The number of rotatable bonds is 4. The SMILES string of the molecule is CSc1cc(-c2cc(C)cc(C)c2)cc(SC)c1SC. The standard InChI is InChI=1S/C17H20S3/c1-11-6-12(2)8-13(7-11)14-9-15(18-3)17(20-5)16(10-14)19-4/h6-10H,1-5H3. The van der Waals surface area contributed by atoms with Crippen LogP contribution in [0.2, 0.25) is 0 Å². The molecule has 0 N–H and O–H groups in total. The first kappa shape index (κ1) is 15.9. The molecule has 0 fully saturated rings. The fourth-order valence-electron chi connectivity index (χ4n) is 2.39. The van der Waals surface area contributed by atoms with Gasteiger partial charge in [0.15, 0.2) is 0 Å². The zero-order valence-electron chi connectivity index (χ0n) is 12.6. The molecule has 0 aliphatic heterocycles. The van der Waals surface area contributed by atoms with Crippen molar-refractivity contribution in [3.8, 4) is 11.1 Å². The summed E-state index contributed by atoms with van der Waals surface area (Å²) in [6, 6.07) is 11.4. The van der Waals surface area contributed by atoms with Crippen LogP contribution in [0.3, 0.4) is 0 Å². The third-order valence-corrected chi connectivity index (χ3v) is 5.85. The van der Waals surface area contributed by atoms with E-state index in [9.17, 15) is 0 Å². The molecule has 0 spiro atoms. The van der Waals surface area contributed by atoms with E-state index in [0.29, 0.717) is 0 Å². The van der Waals surface area contributed by atoms with Gasteiger partial charge in [0.1, 0.15) is 0 Å². The molecule has 0 saturated carbocycles. The second kappa shape index (κ2) is 6.97. The largest absolute Gasteiger partial charge is 0.128 e. The first-order valence-electron chi connectivity index (χ1n) is 6.47. The van der Waals surface area contributed by atoms with E-state index in [1.165, 1.54) is 36.9 Å². The van der Waals surface area contributed by atoms with Gasteiger partial charge in [0.05, 0.1) is 0 Å². The monoisotopic (exact) mass is 320 g/mol. The summed E-state index contributed by atoms with van der Waals surface area (Å²) < 4.78 is 0. The number of benzene rings is 2. The summed E-state index contributed by atoms with van der Waals surface area (Å²) in [6.45, 7) is 4.33. The highest BCUT2D eigenvalue weighted by Gasteiger charge is 2.11. The minimum atomic E-state index is 1.32. The van der Waals surface area contributed by atoms with Gasteiger partial charge < -0.3 is 0 Å². The van der Waals surface area contributed by atoms with Crippen LogP contribution in [-0.2, 0) is 0 Å². The molecule has 0 amide bonds. The molecule has 0 aromatic heterocycles. The summed E-state index contributed by atoms with van der Waals surface area (Å²) in [6.07, 6.45) is 6.47. The first-order chi connectivity index (χ1) is 9.58. The zero-order chi connectivity index (χ0) is 14.7. The lowest BCUT2D eigenvalue weighted by molar-refractivity contribution is 1.13. The molecule has 2 aromatic carbocycles. The molecule has 0 atom stereocenters.